The van der Waals surface area contributed by atoms with Crippen molar-refractivity contribution in [1.82, 2.24) is 0 Å². The van der Waals surface area contributed by atoms with Gasteiger partial charge < -0.3 is 0 Å². The average molecular weight is 184 g/mol. The highest BCUT2D eigenvalue weighted by atomic mass is 16.1. The number of ketones is 1. The van der Waals surface area contributed by atoms with Crippen LogP contribution in [0.2, 0.25) is 0 Å². The third kappa shape index (κ3) is 1.44. The number of terminal acetylenes is 1. The van der Waals surface area contributed by atoms with E-state index < -0.39 is 0 Å². The van der Waals surface area contributed by atoms with Crippen molar-refractivity contribution in [2.75, 3.05) is 0 Å². The smallest absolute Gasteiger partial charge is 0.212 e. The quantitative estimate of drug-likeness (QED) is 0.483. The van der Waals surface area contributed by atoms with Gasteiger partial charge in [-0.3, -0.25) is 4.79 Å². The third-order valence-corrected chi connectivity index (χ3v) is 2.83. The van der Waals surface area contributed by atoms with Crippen LogP contribution < -0.4 is 0 Å². The summed E-state index contributed by atoms with van der Waals surface area (Å²) in [6.07, 6.45) is 8.20. The van der Waals surface area contributed by atoms with Crippen molar-refractivity contribution in [3.63, 3.8) is 0 Å². The molecule has 0 saturated heterocycles. The first kappa shape index (κ1) is 9.02. The van der Waals surface area contributed by atoms with Gasteiger partial charge in [-0.15, -0.1) is 6.42 Å². The normalized spacial score (nSPS) is 19.5. The molecule has 14 heavy (non-hydrogen) atoms. The predicted octanol–water partition coefficient (Wildman–Crippen LogP) is 2.31. The van der Waals surface area contributed by atoms with Crippen molar-refractivity contribution in [3.05, 3.63) is 35.4 Å². The van der Waals surface area contributed by atoms with Crippen LogP contribution in [-0.2, 0) is 11.2 Å². The summed E-state index contributed by atoms with van der Waals surface area (Å²) in [5, 5.41) is 0. The number of hydrogen-bond acceptors (Lipinski definition) is 1. The molecule has 2 rings (SSSR count). The summed E-state index contributed by atoms with van der Waals surface area (Å²) < 4.78 is 0. The number of Topliss-reactive ketones (excluding diaryl/α,β-unsaturated/α-hetero) is 1. The molecule has 1 unspecified atom stereocenters. The van der Waals surface area contributed by atoms with Crippen LogP contribution in [0.3, 0.4) is 0 Å². The molecule has 0 radical (unpaired) electrons. The lowest BCUT2D eigenvalue weighted by Gasteiger charge is -2.22. The lowest BCUT2D eigenvalue weighted by molar-refractivity contribution is -0.115. The molecule has 0 aliphatic heterocycles. The van der Waals surface area contributed by atoms with Gasteiger partial charge in [0.2, 0.25) is 5.78 Å². The molecule has 0 amide bonds. The fourth-order valence-corrected chi connectivity index (χ4v) is 2.13. The minimum atomic E-state index is -0.0721. The maximum atomic E-state index is 11.5. The fourth-order valence-electron chi connectivity index (χ4n) is 2.13. The Hall–Kier alpha value is -1.55. The van der Waals surface area contributed by atoms with E-state index in [0.717, 1.165) is 24.8 Å². The van der Waals surface area contributed by atoms with Crippen LogP contribution in [0.5, 0.6) is 0 Å². The molecule has 1 aliphatic carbocycles. The van der Waals surface area contributed by atoms with Crippen molar-refractivity contribution < 1.29 is 4.79 Å². The number of carbonyl (C=O) groups is 1. The number of hydrogen-bond donors (Lipinski definition) is 0. The van der Waals surface area contributed by atoms with Gasteiger partial charge in [0.1, 0.15) is 0 Å². The molecule has 0 fully saturated rings. The second kappa shape index (κ2) is 3.67. The zero-order valence-electron chi connectivity index (χ0n) is 7.99. The average Bonchev–Trinajstić information content (AvgIpc) is 2.27. The molecule has 0 bridgehead atoms. The van der Waals surface area contributed by atoms with E-state index in [-0.39, 0.29) is 11.7 Å². The van der Waals surface area contributed by atoms with Gasteiger partial charge in [0, 0.05) is 0 Å². The first-order valence-corrected chi connectivity index (χ1v) is 4.91. The molecule has 70 valence electrons. The topological polar surface area (TPSA) is 17.1 Å². The molecule has 1 aromatic rings. The summed E-state index contributed by atoms with van der Waals surface area (Å²) in [7, 11) is 0. The van der Waals surface area contributed by atoms with E-state index in [2.05, 4.69) is 12.0 Å². The number of benzene rings is 1. The molecule has 0 spiro atoms. The highest BCUT2D eigenvalue weighted by molar-refractivity contribution is 6.00. The van der Waals surface area contributed by atoms with Crippen molar-refractivity contribution in [2.24, 2.45) is 0 Å². The molecule has 0 aromatic heterocycles. The SMILES string of the molecule is C#CC(=O)C1CCCc2ccccc21. The Balaban J connectivity index is 2.41. The summed E-state index contributed by atoms with van der Waals surface area (Å²) in [4.78, 5) is 11.5. The van der Waals surface area contributed by atoms with Crippen molar-refractivity contribution >= 4 is 5.78 Å². The zero-order valence-corrected chi connectivity index (χ0v) is 7.99. The highest BCUT2D eigenvalue weighted by Gasteiger charge is 2.24. The molecule has 0 saturated carbocycles. The molecule has 1 nitrogen and oxygen atoms in total. The van der Waals surface area contributed by atoms with Crippen LogP contribution in [0.25, 0.3) is 0 Å². The van der Waals surface area contributed by atoms with E-state index >= 15 is 0 Å². The van der Waals surface area contributed by atoms with Crippen molar-refractivity contribution in [1.29, 1.82) is 0 Å². The van der Waals surface area contributed by atoms with Gasteiger partial charge in [0.05, 0.1) is 5.92 Å². The number of rotatable bonds is 1. The van der Waals surface area contributed by atoms with E-state index in [1.807, 2.05) is 18.2 Å². The molecule has 1 aromatic carbocycles. The van der Waals surface area contributed by atoms with E-state index in [9.17, 15) is 4.79 Å². The first-order valence-electron chi connectivity index (χ1n) is 4.91. The van der Waals surface area contributed by atoms with Crippen LogP contribution in [0, 0.1) is 12.3 Å². The third-order valence-electron chi connectivity index (χ3n) is 2.83. The second-order valence-corrected chi connectivity index (χ2v) is 3.65. The van der Waals surface area contributed by atoms with Crippen molar-refractivity contribution in [3.8, 4) is 12.3 Å². The summed E-state index contributed by atoms with van der Waals surface area (Å²) in [6, 6.07) is 8.10. The molecule has 0 heterocycles. The molecule has 0 N–H and O–H groups in total. The highest BCUT2D eigenvalue weighted by Crippen LogP contribution is 2.31. The fraction of sp³-hybridized carbons (Fsp3) is 0.308. The zero-order chi connectivity index (χ0) is 9.97. The van der Waals surface area contributed by atoms with Gasteiger partial charge >= 0.3 is 0 Å². The minimum Gasteiger partial charge on any atom is -0.284 e. The summed E-state index contributed by atoms with van der Waals surface area (Å²) in [5.41, 5.74) is 2.43. The standard InChI is InChI=1S/C13H12O/c1-2-13(14)12-9-5-7-10-6-3-4-8-11(10)12/h1,3-4,6,8,12H,5,7,9H2. The Kier molecular flexibility index (Phi) is 2.37. The Morgan fingerprint density at radius 1 is 1.43 bits per heavy atom. The van der Waals surface area contributed by atoms with E-state index in [1.165, 1.54) is 5.56 Å². The maximum absolute atomic E-state index is 11.5. The Morgan fingerprint density at radius 2 is 2.21 bits per heavy atom. The largest absolute Gasteiger partial charge is 0.284 e. The minimum absolute atomic E-state index is 0.0510. The Morgan fingerprint density at radius 3 is 3.00 bits per heavy atom. The van der Waals surface area contributed by atoms with Gasteiger partial charge in [-0.1, -0.05) is 24.3 Å². The van der Waals surface area contributed by atoms with Crippen molar-refractivity contribution in [2.45, 2.75) is 25.2 Å². The first-order chi connectivity index (χ1) is 6.83. The summed E-state index contributed by atoms with van der Waals surface area (Å²) in [6.45, 7) is 0. The Labute approximate surface area is 84.1 Å². The van der Waals surface area contributed by atoms with E-state index in [4.69, 9.17) is 6.42 Å². The van der Waals surface area contributed by atoms with Gasteiger partial charge in [-0.2, -0.15) is 0 Å². The van der Waals surface area contributed by atoms with Crippen LogP contribution in [-0.4, -0.2) is 5.78 Å². The second-order valence-electron chi connectivity index (χ2n) is 3.65. The molecular formula is C13H12O. The van der Waals surface area contributed by atoms with Crippen LogP contribution in [0.15, 0.2) is 24.3 Å². The van der Waals surface area contributed by atoms with Crippen LogP contribution in [0.4, 0.5) is 0 Å². The van der Waals surface area contributed by atoms with Gasteiger partial charge in [0.15, 0.2) is 0 Å². The number of carbonyl (C=O) groups excluding carboxylic acids is 1. The lowest BCUT2D eigenvalue weighted by atomic mass is 9.81. The van der Waals surface area contributed by atoms with E-state index in [0.29, 0.717) is 0 Å². The van der Waals surface area contributed by atoms with Gasteiger partial charge in [0.25, 0.3) is 0 Å². The predicted molar refractivity (Wildman–Crippen MR) is 56.0 cm³/mol. The van der Waals surface area contributed by atoms with Gasteiger partial charge in [-0.05, 0) is 36.3 Å². The summed E-state index contributed by atoms with van der Waals surface area (Å²) >= 11 is 0. The summed E-state index contributed by atoms with van der Waals surface area (Å²) in [5.74, 6) is 2.11. The Bertz CT molecular complexity index is 398. The molecule has 1 atom stereocenters. The van der Waals surface area contributed by atoms with Crippen LogP contribution in [0.1, 0.15) is 29.9 Å². The van der Waals surface area contributed by atoms with Gasteiger partial charge in [-0.25, -0.2) is 0 Å². The number of aryl methyl sites for hydroxylation is 1. The molecule has 1 heteroatoms. The number of fused-ring (bicyclic) bond motifs is 1. The monoisotopic (exact) mass is 184 g/mol. The molecule has 1 aliphatic rings. The maximum Gasteiger partial charge on any atom is 0.212 e. The molecular weight excluding hydrogens is 172 g/mol. The van der Waals surface area contributed by atoms with E-state index in [1.54, 1.807) is 0 Å². The van der Waals surface area contributed by atoms with Crippen LogP contribution >= 0.6 is 0 Å². The lowest BCUT2D eigenvalue weighted by Crippen LogP contribution is -2.16.